The molecule has 4 aliphatic heterocycles. The van der Waals surface area contributed by atoms with Crippen LogP contribution in [-0.2, 0) is 76.0 Å². The Bertz CT molecular complexity index is 2410. The Labute approximate surface area is 612 Å². The molecule has 0 N–H and O–H groups in total. The Kier molecular flexibility index (Phi) is 47.9. The summed E-state index contributed by atoms with van der Waals surface area (Å²) in [5.41, 5.74) is -3.46. The Hall–Kier alpha value is -4.21. The van der Waals surface area contributed by atoms with Gasteiger partial charge in [0.25, 0.3) is 17.8 Å². The number of ether oxygens (including phenoxy) is 12. The van der Waals surface area contributed by atoms with Gasteiger partial charge in [-0.15, -0.1) is 0 Å². The van der Waals surface area contributed by atoms with E-state index in [1.807, 2.05) is 16.7 Å². The number of esters is 4. The molecule has 0 bridgehead atoms. The van der Waals surface area contributed by atoms with Crippen LogP contribution in [0.25, 0.3) is 0 Å². The van der Waals surface area contributed by atoms with Crippen molar-refractivity contribution in [3.8, 4) is 0 Å². The third-order valence-electron chi connectivity index (χ3n) is 15.7. The van der Waals surface area contributed by atoms with E-state index in [2.05, 4.69) is 0 Å². The largest absolute Gasteiger partial charge is 0.459 e. The molecule has 0 aromatic carbocycles. The SMILES string of the molecule is CC(C)(C(=O)OC(COCCC(F)(F)CC(F)F)CN1CCOCC1)C(F)(F)F.CC(C)(C)C(=O)OC(COCCC(F)(F)CC(F)F)CN1CCOCC1.CCCC(=O)OC(COCCC(F)(F)CC(F)F)CN1CCOCC1.O=C(CC(C(F)(F)F)C(F)(F)F)OC(COCCC(F)F)CN1CCOCC1. The van der Waals surface area contributed by atoms with Crippen molar-refractivity contribution in [2.45, 2.75) is 192 Å². The molecule has 0 amide bonds. The standard InChI is InChI=1S/C17H26F7NO4.C17H29F4NO4.C16H27F4NO4.C15H21F8NO4/c1-15(2,17(22,23)24)14(26)29-12(10-25-4-7-27-8-5-25)11-28-6-3-16(20,21)9-13(18)19;1-16(2,3)15(23)26-13(11-22-5-8-24-9-6-22)12-25-7-4-17(20,21)10-14(18)19;1-2-3-15(22)25-13(11-21-5-8-23-9-6-21)12-24-7-4-16(19,20)10-14(17)18;16-12(17)1-4-27-9-10(8-24-2-5-26-6-3-24)28-13(25)7-11(14(18,19)20)15(21,22)23/h12-13H,3-11H2,1-2H3;13-14H,4-12H2,1-3H3;13-14H,2-12H2,1H3;10-12H,1-9H2. The van der Waals surface area contributed by atoms with Gasteiger partial charge in [0.1, 0.15) is 24.4 Å². The zero-order valence-electron chi connectivity index (χ0n) is 61.1. The quantitative estimate of drug-likeness (QED) is 0.0242. The van der Waals surface area contributed by atoms with Gasteiger partial charge >= 0.3 is 42.4 Å². The molecule has 0 aliphatic carbocycles. The van der Waals surface area contributed by atoms with Crippen molar-refractivity contribution in [1.82, 2.24) is 19.6 Å². The third kappa shape index (κ3) is 48.7. The fourth-order valence-electron chi connectivity index (χ4n) is 9.47. The highest BCUT2D eigenvalue weighted by Gasteiger charge is 2.58. The van der Waals surface area contributed by atoms with Gasteiger partial charge in [-0.05, 0) is 41.0 Å². The summed E-state index contributed by atoms with van der Waals surface area (Å²) in [6, 6.07) is 0. The fraction of sp³-hybridized carbons (Fsp3) is 0.938. The molecule has 4 unspecified atom stereocenters. The summed E-state index contributed by atoms with van der Waals surface area (Å²) < 4.78 is 352. The van der Waals surface area contributed by atoms with E-state index in [1.165, 1.54) is 0 Å². The van der Waals surface area contributed by atoms with Crippen LogP contribution in [0.1, 0.15) is 106 Å². The fourth-order valence-corrected chi connectivity index (χ4v) is 9.47. The number of hydrogen-bond acceptors (Lipinski definition) is 20. The molecule has 0 aromatic rings. The van der Waals surface area contributed by atoms with Gasteiger partial charge in [0, 0.05) is 111 Å². The van der Waals surface area contributed by atoms with E-state index in [1.54, 1.807) is 30.6 Å². The van der Waals surface area contributed by atoms with Crippen molar-refractivity contribution in [3.05, 3.63) is 0 Å². The van der Waals surface area contributed by atoms with Gasteiger partial charge < -0.3 is 56.8 Å². The van der Waals surface area contributed by atoms with E-state index in [0.717, 1.165) is 0 Å². The van der Waals surface area contributed by atoms with Crippen LogP contribution in [0.4, 0.5) is 101 Å². The van der Waals surface area contributed by atoms with Gasteiger partial charge in [-0.25, -0.2) is 61.5 Å². The van der Waals surface area contributed by atoms with Crippen LogP contribution in [0.5, 0.6) is 0 Å². The minimum atomic E-state index is -5.66. The molecular formula is C65H103F23N4O16. The lowest BCUT2D eigenvalue weighted by Gasteiger charge is -2.32. The van der Waals surface area contributed by atoms with Crippen LogP contribution in [0.3, 0.4) is 0 Å². The first-order valence-electron chi connectivity index (χ1n) is 34.7. The van der Waals surface area contributed by atoms with E-state index < -0.39 is 199 Å². The Balaban J connectivity index is 0.000000721. The van der Waals surface area contributed by atoms with Crippen molar-refractivity contribution < 1.29 is 177 Å². The van der Waals surface area contributed by atoms with Crippen LogP contribution in [0.2, 0.25) is 0 Å². The number of hydrogen-bond donors (Lipinski definition) is 0. The lowest BCUT2D eigenvalue weighted by molar-refractivity contribution is -0.286. The summed E-state index contributed by atoms with van der Waals surface area (Å²) in [5.74, 6) is -18.4. The number of nitrogens with zero attached hydrogens (tertiary/aromatic N) is 4. The molecule has 4 aliphatic rings. The Morgan fingerprint density at radius 1 is 0.380 bits per heavy atom. The number of morpholine rings is 4. The van der Waals surface area contributed by atoms with Crippen LogP contribution in [-0.4, -0.2) is 314 Å². The molecule has 0 spiro atoms. The highest BCUT2D eigenvalue weighted by Crippen LogP contribution is 2.42. The van der Waals surface area contributed by atoms with Gasteiger partial charge in [0.05, 0.1) is 137 Å². The highest BCUT2D eigenvalue weighted by atomic mass is 19.4. The number of halogens is 23. The van der Waals surface area contributed by atoms with Gasteiger partial charge in [0.15, 0.2) is 11.3 Å². The summed E-state index contributed by atoms with van der Waals surface area (Å²) in [4.78, 5) is 55.1. The lowest BCUT2D eigenvalue weighted by Crippen LogP contribution is -2.47. The van der Waals surface area contributed by atoms with Crippen molar-refractivity contribution in [2.24, 2.45) is 16.7 Å². The molecule has 4 heterocycles. The van der Waals surface area contributed by atoms with Gasteiger partial charge in [-0.3, -0.25) is 38.8 Å². The number of carbonyl (C=O) groups is 4. The first-order chi connectivity index (χ1) is 50.0. The smallest absolute Gasteiger partial charge is 0.404 e. The maximum atomic E-state index is 13.3. The second-order valence-corrected chi connectivity index (χ2v) is 27.0. The van der Waals surface area contributed by atoms with Crippen molar-refractivity contribution in [1.29, 1.82) is 0 Å². The maximum absolute atomic E-state index is 13.3. The van der Waals surface area contributed by atoms with E-state index in [4.69, 9.17) is 56.8 Å². The second kappa shape index (κ2) is 50.8. The van der Waals surface area contributed by atoms with Crippen LogP contribution in [0, 0.1) is 16.7 Å². The summed E-state index contributed by atoms with van der Waals surface area (Å²) >= 11 is 0. The van der Waals surface area contributed by atoms with Crippen LogP contribution >= 0.6 is 0 Å². The zero-order chi connectivity index (χ0) is 82.2. The topological polar surface area (TPSA) is 192 Å². The zero-order valence-corrected chi connectivity index (χ0v) is 61.1. The minimum Gasteiger partial charge on any atom is -0.459 e. The average molecular weight is 1630 g/mol. The van der Waals surface area contributed by atoms with Crippen molar-refractivity contribution >= 4 is 23.9 Å². The second-order valence-electron chi connectivity index (χ2n) is 27.0. The monoisotopic (exact) mass is 1630 g/mol. The van der Waals surface area contributed by atoms with E-state index in [0.29, 0.717) is 139 Å². The average Bonchev–Trinajstić information content (AvgIpc) is 0.817. The molecule has 4 rings (SSSR count). The third-order valence-corrected chi connectivity index (χ3v) is 15.7. The molecule has 20 nitrogen and oxygen atoms in total. The van der Waals surface area contributed by atoms with E-state index in [-0.39, 0.29) is 51.9 Å². The van der Waals surface area contributed by atoms with Gasteiger partial charge in [-0.1, -0.05) is 6.92 Å². The molecule has 0 radical (unpaired) electrons. The summed E-state index contributed by atoms with van der Waals surface area (Å²) in [7, 11) is 0. The van der Waals surface area contributed by atoms with Crippen LogP contribution in [0.15, 0.2) is 0 Å². The summed E-state index contributed by atoms with van der Waals surface area (Å²) in [5, 5.41) is 0. The first kappa shape index (κ1) is 102. The maximum Gasteiger partial charge on any atom is 0.404 e. The predicted octanol–water partition coefficient (Wildman–Crippen LogP) is 12.3. The number of rotatable bonds is 43. The first-order valence-corrected chi connectivity index (χ1v) is 34.7. The number of alkyl halides is 23. The van der Waals surface area contributed by atoms with Gasteiger partial charge in [0.2, 0.25) is 25.7 Å². The molecule has 43 heteroatoms. The molecule has 4 atom stereocenters. The molecule has 0 aromatic heterocycles. The van der Waals surface area contributed by atoms with Crippen LogP contribution < -0.4 is 0 Å². The highest BCUT2D eigenvalue weighted by molar-refractivity contribution is 5.77. The Morgan fingerprint density at radius 2 is 0.657 bits per heavy atom. The van der Waals surface area contributed by atoms with Gasteiger partial charge in [-0.2, -0.15) is 39.5 Å². The molecule has 0 saturated carbocycles. The van der Waals surface area contributed by atoms with Crippen molar-refractivity contribution in [2.75, 3.05) is 184 Å². The lowest BCUT2D eigenvalue weighted by atomic mass is 9.93. The summed E-state index contributed by atoms with van der Waals surface area (Å²) in [6.45, 7) is 14.6. The molecular weight excluding hydrogens is 1530 g/mol. The van der Waals surface area contributed by atoms with Crippen molar-refractivity contribution in [3.63, 3.8) is 0 Å². The normalized spacial score (nSPS) is 18.0. The summed E-state index contributed by atoms with van der Waals surface area (Å²) in [6.07, 6.45) is -40.4. The Morgan fingerprint density at radius 3 is 0.917 bits per heavy atom. The molecule has 108 heavy (non-hydrogen) atoms. The van der Waals surface area contributed by atoms with E-state index in [9.17, 15) is 120 Å². The minimum absolute atomic E-state index is 0.0243. The molecule has 4 fully saturated rings. The number of carbonyl (C=O) groups excluding carboxylic acids is 4. The molecule has 4 saturated heterocycles. The van der Waals surface area contributed by atoms with E-state index >= 15 is 0 Å². The predicted molar refractivity (Wildman–Crippen MR) is 337 cm³/mol. The molecule has 640 valence electrons.